The van der Waals surface area contributed by atoms with Gasteiger partial charge < -0.3 is 15.0 Å². The molecule has 1 atom stereocenters. The van der Waals surface area contributed by atoms with Gasteiger partial charge >= 0.3 is 5.97 Å². The standard InChI is InChI=1S/C15H19N3O3S/c1-9(2)8-11(14(20)21)17-13(19)12-10(3)16-15(22-12)18-6-4-5-7-18/h4-7,9,11H,8H2,1-3H3,(H,17,19)(H,20,21)/t11-/m0/s1. The second-order valence-corrected chi connectivity index (χ2v) is 6.47. The van der Waals surface area contributed by atoms with Crippen LogP contribution < -0.4 is 5.32 Å². The number of nitrogens with one attached hydrogen (secondary N) is 1. The number of carbonyl (C=O) groups excluding carboxylic acids is 1. The molecule has 7 heteroatoms. The molecular weight excluding hydrogens is 302 g/mol. The zero-order valence-electron chi connectivity index (χ0n) is 12.7. The fourth-order valence-electron chi connectivity index (χ4n) is 2.08. The van der Waals surface area contributed by atoms with Crippen molar-refractivity contribution in [2.45, 2.75) is 33.2 Å². The minimum atomic E-state index is -1.02. The summed E-state index contributed by atoms with van der Waals surface area (Å²) < 4.78 is 1.82. The Balaban J connectivity index is 2.17. The van der Waals surface area contributed by atoms with Gasteiger partial charge in [-0.25, -0.2) is 9.78 Å². The van der Waals surface area contributed by atoms with Crippen molar-refractivity contribution in [1.29, 1.82) is 0 Å². The van der Waals surface area contributed by atoms with Crippen LogP contribution in [0.3, 0.4) is 0 Å². The van der Waals surface area contributed by atoms with Crippen LogP contribution in [-0.4, -0.2) is 32.6 Å². The van der Waals surface area contributed by atoms with Gasteiger partial charge in [0.1, 0.15) is 10.9 Å². The Morgan fingerprint density at radius 3 is 2.55 bits per heavy atom. The highest BCUT2D eigenvalue weighted by molar-refractivity contribution is 7.16. The van der Waals surface area contributed by atoms with E-state index in [0.717, 1.165) is 0 Å². The molecule has 118 valence electrons. The molecule has 0 spiro atoms. The number of aryl methyl sites for hydroxylation is 1. The Bertz CT molecular complexity index is 662. The predicted molar refractivity (Wildman–Crippen MR) is 84.5 cm³/mol. The molecule has 22 heavy (non-hydrogen) atoms. The molecule has 1 amide bonds. The quantitative estimate of drug-likeness (QED) is 0.856. The Morgan fingerprint density at radius 2 is 2.00 bits per heavy atom. The van der Waals surface area contributed by atoms with Crippen LogP contribution in [0.25, 0.3) is 5.13 Å². The number of carboxylic acid groups (broad SMARTS) is 1. The molecule has 0 aliphatic carbocycles. The van der Waals surface area contributed by atoms with Crippen molar-refractivity contribution in [3.05, 3.63) is 35.1 Å². The molecule has 2 aromatic heterocycles. The van der Waals surface area contributed by atoms with Crippen LogP contribution in [0.5, 0.6) is 0 Å². The van der Waals surface area contributed by atoms with E-state index in [1.807, 2.05) is 42.9 Å². The van der Waals surface area contributed by atoms with Crippen molar-refractivity contribution in [2.75, 3.05) is 0 Å². The van der Waals surface area contributed by atoms with E-state index >= 15 is 0 Å². The number of rotatable bonds is 6. The van der Waals surface area contributed by atoms with Crippen LogP contribution in [0.2, 0.25) is 0 Å². The van der Waals surface area contributed by atoms with E-state index in [2.05, 4.69) is 10.3 Å². The van der Waals surface area contributed by atoms with E-state index in [9.17, 15) is 14.7 Å². The summed E-state index contributed by atoms with van der Waals surface area (Å²) in [5.41, 5.74) is 0.597. The maximum Gasteiger partial charge on any atom is 0.326 e. The van der Waals surface area contributed by atoms with Gasteiger partial charge in [0, 0.05) is 12.4 Å². The fourth-order valence-corrected chi connectivity index (χ4v) is 3.02. The van der Waals surface area contributed by atoms with Crippen LogP contribution in [-0.2, 0) is 4.79 Å². The van der Waals surface area contributed by atoms with Gasteiger partial charge in [-0.05, 0) is 31.4 Å². The smallest absolute Gasteiger partial charge is 0.326 e. The first-order chi connectivity index (χ1) is 10.4. The molecule has 2 aromatic rings. The number of nitrogens with zero attached hydrogens (tertiary/aromatic N) is 2. The molecule has 0 saturated carbocycles. The Hall–Kier alpha value is -2.15. The minimum absolute atomic E-state index is 0.180. The molecule has 6 nitrogen and oxygen atoms in total. The van der Waals surface area contributed by atoms with Crippen LogP contribution in [0.4, 0.5) is 0 Å². The second kappa shape index (κ2) is 6.74. The van der Waals surface area contributed by atoms with Crippen molar-refractivity contribution in [2.24, 2.45) is 5.92 Å². The van der Waals surface area contributed by atoms with E-state index in [1.54, 1.807) is 6.92 Å². The van der Waals surface area contributed by atoms with Crippen molar-refractivity contribution in [3.63, 3.8) is 0 Å². The molecule has 0 aliphatic heterocycles. The lowest BCUT2D eigenvalue weighted by Gasteiger charge is -2.15. The number of aliphatic carboxylic acids is 1. The van der Waals surface area contributed by atoms with Crippen LogP contribution in [0.1, 0.15) is 35.6 Å². The minimum Gasteiger partial charge on any atom is -0.480 e. The van der Waals surface area contributed by atoms with E-state index in [1.165, 1.54) is 11.3 Å². The zero-order valence-corrected chi connectivity index (χ0v) is 13.6. The maximum absolute atomic E-state index is 12.3. The van der Waals surface area contributed by atoms with Crippen molar-refractivity contribution in [1.82, 2.24) is 14.9 Å². The summed E-state index contributed by atoms with van der Waals surface area (Å²) >= 11 is 1.24. The van der Waals surface area contributed by atoms with Gasteiger partial charge in [0.15, 0.2) is 5.13 Å². The number of carboxylic acids is 1. The van der Waals surface area contributed by atoms with Gasteiger partial charge in [-0.2, -0.15) is 0 Å². The second-order valence-electron chi connectivity index (χ2n) is 5.50. The van der Waals surface area contributed by atoms with E-state index < -0.39 is 12.0 Å². The van der Waals surface area contributed by atoms with Gasteiger partial charge in [0.2, 0.25) is 0 Å². The Labute approximate surface area is 132 Å². The first-order valence-electron chi connectivity index (χ1n) is 7.03. The summed E-state index contributed by atoms with van der Waals surface area (Å²) in [6.07, 6.45) is 4.08. The highest BCUT2D eigenvalue weighted by Crippen LogP contribution is 2.22. The summed E-state index contributed by atoms with van der Waals surface area (Å²) in [5, 5.41) is 12.5. The largest absolute Gasteiger partial charge is 0.480 e. The van der Waals surface area contributed by atoms with Crippen molar-refractivity contribution < 1.29 is 14.7 Å². The van der Waals surface area contributed by atoms with E-state index in [0.29, 0.717) is 22.1 Å². The SMILES string of the molecule is Cc1nc(-n2cccc2)sc1C(=O)N[C@@H](CC(C)C)C(=O)O. The monoisotopic (exact) mass is 321 g/mol. The molecule has 2 heterocycles. The molecular formula is C15H19N3O3S. The molecule has 0 saturated heterocycles. The average molecular weight is 321 g/mol. The molecule has 0 aliphatic rings. The summed E-state index contributed by atoms with van der Waals surface area (Å²) in [6.45, 7) is 5.59. The first-order valence-corrected chi connectivity index (χ1v) is 7.84. The van der Waals surface area contributed by atoms with Crippen LogP contribution >= 0.6 is 11.3 Å². The summed E-state index contributed by atoms with van der Waals surface area (Å²) in [6, 6.07) is 2.86. The lowest BCUT2D eigenvalue weighted by Crippen LogP contribution is -2.41. The Kier molecular flexibility index (Phi) is 4.97. The van der Waals surface area contributed by atoms with Gasteiger partial charge in [-0.1, -0.05) is 25.2 Å². The lowest BCUT2D eigenvalue weighted by atomic mass is 10.0. The molecule has 0 bridgehead atoms. The van der Waals surface area contributed by atoms with Crippen LogP contribution in [0, 0.1) is 12.8 Å². The number of thiazole rings is 1. The number of hydrogen-bond acceptors (Lipinski definition) is 4. The highest BCUT2D eigenvalue weighted by Gasteiger charge is 2.24. The number of hydrogen-bond donors (Lipinski definition) is 2. The molecule has 2 rings (SSSR count). The first kappa shape index (κ1) is 16.2. The average Bonchev–Trinajstić information content (AvgIpc) is 3.05. The number of aromatic nitrogens is 2. The van der Waals surface area contributed by atoms with Gasteiger partial charge in [0.05, 0.1) is 5.69 Å². The summed E-state index contributed by atoms with van der Waals surface area (Å²) in [4.78, 5) is 28.4. The molecule has 0 radical (unpaired) electrons. The zero-order chi connectivity index (χ0) is 16.3. The van der Waals surface area contributed by atoms with Crippen LogP contribution in [0.15, 0.2) is 24.5 Å². The molecule has 0 unspecified atom stereocenters. The third-order valence-electron chi connectivity index (χ3n) is 3.13. The number of amides is 1. The number of carbonyl (C=O) groups is 2. The molecule has 0 aromatic carbocycles. The maximum atomic E-state index is 12.3. The van der Waals surface area contributed by atoms with Gasteiger partial charge in [0.25, 0.3) is 5.91 Å². The van der Waals surface area contributed by atoms with E-state index in [4.69, 9.17) is 0 Å². The normalized spacial score (nSPS) is 12.4. The topological polar surface area (TPSA) is 84.2 Å². The third kappa shape index (κ3) is 3.73. The highest BCUT2D eigenvalue weighted by atomic mass is 32.1. The van der Waals surface area contributed by atoms with Gasteiger partial charge in [-0.3, -0.25) is 4.79 Å². The molecule has 0 fully saturated rings. The van der Waals surface area contributed by atoms with Crippen molar-refractivity contribution >= 4 is 23.2 Å². The summed E-state index contributed by atoms with van der Waals surface area (Å²) in [7, 11) is 0. The molecule has 2 N–H and O–H groups in total. The fraction of sp³-hybridized carbons (Fsp3) is 0.400. The van der Waals surface area contributed by atoms with Gasteiger partial charge in [-0.15, -0.1) is 0 Å². The predicted octanol–water partition coefficient (Wildman–Crippen LogP) is 2.47. The Morgan fingerprint density at radius 1 is 1.36 bits per heavy atom. The third-order valence-corrected chi connectivity index (χ3v) is 4.30. The van der Waals surface area contributed by atoms with E-state index in [-0.39, 0.29) is 11.8 Å². The summed E-state index contributed by atoms with van der Waals surface area (Å²) in [5.74, 6) is -1.23. The lowest BCUT2D eigenvalue weighted by molar-refractivity contribution is -0.139. The van der Waals surface area contributed by atoms with Crippen molar-refractivity contribution in [3.8, 4) is 5.13 Å².